The molecule has 0 bridgehead atoms. The minimum Gasteiger partial charge on any atom is -0.352 e. The van der Waals surface area contributed by atoms with Gasteiger partial charge in [-0.1, -0.05) is 15.9 Å². The molecule has 1 amide bonds. The number of alkyl halides is 1. The van der Waals surface area contributed by atoms with Gasteiger partial charge in [0, 0.05) is 22.0 Å². The lowest BCUT2D eigenvalue weighted by atomic mass is 10.1. The van der Waals surface area contributed by atoms with Crippen molar-refractivity contribution in [1.82, 2.24) is 5.32 Å². The number of hydrogen-bond donors (Lipinski definition) is 1. The molecule has 1 aromatic rings. The van der Waals surface area contributed by atoms with Gasteiger partial charge in [0.1, 0.15) is 0 Å². The number of halogens is 2. The maximum absolute atomic E-state index is 11.7. The molecule has 0 spiro atoms. The third kappa shape index (κ3) is 4.14. The fraction of sp³-hybridized carbons (Fsp3) is 0.417. The van der Waals surface area contributed by atoms with E-state index in [-0.39, 0.29) is 11.3 Å². The van der Waals surface area contributed by atoms with E-state index in [1.807, 2.05) is 26.0 Å². The molecule has 1 atom stereocenters. The maximum Gasteiger partial charge on any atom is 0.251 e. The summed E-state index contributed by atoms with van der Waals surface area (Å²) in [5.74, 6) is -0.0482. The highest BCUT2D eigenvalue weighted by molar-refractivity contribution is 9.10. The second-order valence-electron chi connectivity index (χ2n) is 3.79. The summed E-state index contributed by atoms with van der Waals surface area (Å²) in [7, 11) is 0. The predicted molar refractivity (Wildman–Crippen MR) is 71.1 cm³/mol. The Morgan fingerprint density at radius 2 is 2.25 bits per heavy atom. The Kier molecular flexibility index (Phi) is 5.29. The minimum absolute atomic E-state index is 0.0482. The fourth-order valence-corrected chi connectivity index (χ4v) is 1.63. The number of benzene rings is 1. The number of carbonyl (C=O) groups excluding carboxylic acids is 1. The van der Waals surface area contributed by atoms with Crippen LogP contribution in [0.3, 0.4) is 0 Å². The van der Waals surface area contributed by atoms with Crippen LogP contribution in [0.4, 0.5) is 0 Å². The van der Waals surface area contributed by atoms with Crippen LogP contribution in [-0.4, -0.2) is 17.8 Å². The molecule has 88 valence electrons. The van der Waals surface area contributed by atoms with Gasteiger partial charge >= 0.3 is 0 Å². The number of nitrogens with one attached hydrogen (secondary N) is 1. The second-order valence-corrected chi connectivity index (χ2v) is 5.39. The van der Waals surface area contributed by atoms with E-state index in [1.54, 1.807) is 6.07 Å². The Morgan fingerprint density at radius 1 is 1.56 bits per heavy atom. The third-order valence-corrected chi connectivity index (χ3v) is 3.36. The smallest absolute Gasteiger partial charge is 0.251 e. The summed E-state index contributed by atoms with van der Waals surface area (Å²) in [6.45, 7) is 4.48. The summed E-state index contributed by atoms with van der Waals surface area (Å²) in [5.41, 5.74) is 1.74. The van der Waals surface area contributed by atoms with Crippen LogP contribution in [0.15, 0.2) is 22.7 Å². The molecule has 1 N–H and O–H groups in total. The first-order valence-corrected chi connectivity index (χ1v) is 6.42. The Hall–Kier alpha value is -0.540. The van der Waals surface area contributed by atoms with Gasteiger partial charge in [0.15, 0.2) is 0 Å². The van der Waals surface area contributed by atoms with Crippen molar-refractivity contribution < 1.29 is 4.79 Å². The number of rotatable bonds is 4. The van der Waals surface area contributed by atoms with Gasteiger partial charge in [-0.2, -0.15) is 0 Å². The molecule has 4 heteroatoms. The van der Waals surface area contributed by atoms with Gasteiger partial charge < -0.3 is 5.32 Å². The first-order chi connectivity index (χ1) is 7.50. The molecule has 0 aliphatic carbocycles. The lowest BCUT2D eigenvalue weighted by molar-refractivity contribution is 0.0953. The quantitative estimate of drug-likeness (QED) is 0.848. The van der Waals surface area contributed by atoms with Crippen LogP contribution in [0.1, 0.15) is 29.3 Å². The van der Waals surface area contributed by atoms with Crippen LogP contribution in [0, 0.1) is 6.92 Å². The van der Waals surface area contributed by atoms with Gasteiger partial charge in [0.25, 0.3) is 5.91 Å². The predicted octanol–water partition coefficient (Wildman–Crippen LogP) is 3.50. The van der Waals surface area contributed by atoms with Gasteiger partial charge in [-0.05, 0) is 44.0 Å². The molecule has 16 heavy (non-hydrogen) atoms. The first-order valence-electron chi connectivity index (χ1n) is 5.19. The number of carbonyl (C=O) groups is 1. The summed E-state index contributed by atoms with van der Waals surface area (Å²) >= 11 is 9.20. The molecule has 0 aromatic heterocycles. The van der Waals surface area contributed by atoms with Crippen molar-refractivity contribution in [1.29, 1.82) is 0 Å². The van der Waals surface area contributed by atoms with E-state index in [9.17, 15) is 4.79 Å². The highest BCUT2D eigenvalue weighted by Gasteiger charge is 2.06. The number of hydrogen-bond acceptors (Lipinski definition) is 1. The second kappa shape index (κ2) is 6.26. The summed E-state index contributed by atoms with van der Waals surface area (Å²) in [6, 6.07) is 5.55. The zero-order chi connectivity index (χ0) is 12.1. The molecule has 0 aliphatic rings. The molecular weight excluding hydrogens is 289 g/mol. The SMILES string of the molecule is Cc1cc(C(=O)NCCC(C)Cl)ccc1Br. The molecule has 1 rings (SSSR count). The molecule has 0 radical (unpaired) electrons. The van der Waals surface area contributed by atoms with E-state index in [4.69, 9.17) is 11.6 Å². The van der Waals surface area contributed by atoms with E-state index in [0.717, 1.165) is 16.5 Å². The Bertz CT molecular complexity index is 379. The zero-order valence-corrected chi connectivity index (χ0v) is 11.7. The van der Waals surface area contributed by atoms with E-state index < -0.39 is 0 Å². The van der Waals surface area contributed by atoms with Gasteiger partial charge in [0.05, 0.1) is 0 Å². The molecule has 1 unspecified atom stereocenters. The van der Waals surface area contributed by atoms with Gasteiger partial charge in [-0.25, -0.2) is 0 Å². The molecule has 0 saturated heterocycles. The van der Waals surface area contributed by atoms with Crippen LogP contribution < -0.4 is 5.32 Å². The average molecular weight is 305 g/mol. The first kappa shape index (κ1) is 13.5. The van der Waals surface area contributed by atoms with Gasteiger partial charge in [0.2, 0.25) is 0 Å². The van der Waals surface area contributed by atoms with Crippen molar-refractivity contribution in [2.75, 3.05) is 6.54 Å². The summed E-state index contributed by atoms with van der Waals surface area (Å²) < 4.78 is 1.01. The Labute approximate surface area is 110 Å². The van der Waals surface area contributed by atoms with Gasteiger partial charge in [-0.3, -0.25) is 4.79 Å². The van der Waals surface area contributed by atoms with E-state index >= 15 is 0 Å². The highest BCUT2D eigenvalue weighted by atomic mass is 79.9. The number of aryl methyl sites for hydroxylation is 1. The topological polar surface area (TPSA) is 29.1 Å². The number of amides is 1. The van der Waals surface area contributed by atoms with Gasteiger partial charge in [-0.15, -0.1) is 11.6 Å². The molecule has 0 saturated carbocycles. The van der Waals surface area contributed by atoms with Crippen LogP contribution in [0.25, 0.3) is 0 Å². The van der Waals surface area contributed by atoms with Crippen molar-refractivity contribution in [2.24, 2.45) is 0 Å². The van der Waals surface area contributed by atoms with Crippen LogP contribution in [0.5, 0.6) is 0 Å². The van der Waals surface area contributed by atoms with Crippen LogP contribution in [-0.2, 0) is 0 Å². The minimum atomic E-state index is -0.0482. The zero-order valence-electron chi connectivity index (χ0n) is 9.39. The largest absolute Gasteiger partial charge is 0.352 e. The normalized spacial score (nSPS) is 12.2. The lowest BCUT2D eigenvalue weighted by Crippen LogP contribution is -2.25. The average Bonchev–Trinajstić information content (AvgIpc) is 2.21. The summed E-state index contributed by atoms with van der Waals surface area (Å²) in [5, 5.41) is 2.93. The van der Waals surface area contributed by atoms with Crippen LogP contribution >= 0.6 is 27.5 Å². The third-order valence-electron chi connectivity index (χ3n) is 2.25. The Morgan fingerprint density at radius 3 is 2.81 bits per heavy atom. The monoisotopic (exact) mass is 303 g/mol. The van der Waals surface area contributed by atoms with E-state index in [0.29, 0.717) is 12.1 Å². The summed E-state index contributed by atoms with van der Waals surface area (Å²) in [6.07, 6.45) is 0.781. The Balaban J connectivity index is 2.56. The van der Waals surface area contributed by atoms with Crippen molar-refractivity contribution in [3.8, 4) is 0 Å². The standard InChI is InChI=1S/C12H15BrClNO/c1-8-7-10(3-4-11(8)13)12(16)15-6-5-9(2)14/h3-4,7,9H,5-6H2,1-2H3,(H,15,16). The molecule has 0 heterocycles. The maximum atomic E-state index is 11.7. The fourth-order valence-electron chi connectivity index (χ4n) is 1.27. The van der Waals surface area contributed by atoms with Crippen molar-refractivity contribution in [2.45, 2.75) is 25.6 Å². The molecule has 0 aliphatic heterocycles. The molecule has 0 fully saturated rings. The highest BCUT2D eigenvalue weighted by Crippen LogP contribution is 2.16. The van der Waals surface area contributed by atoms with Crippen molar-refractivity contribution in [3.63, 3.8) is 0 Å². The lowest BCUT2D eigenvalue weighted by Gasteiger charge is -2.07. The molecular formula is C12H15BrClNO. The summed E-state index contributed by atoms with van der Waals surface area (Å²) in [4.78, 5) is 11.7. The molecule has 1 aromatic carbocycles. The van der Waals surface area contributed by atoms with E-state index in [1.165, 1.54) is 0 Å². The van der Waals surface area contributed by atoms with Crippen molar-refractivity contribution >= 4 is 33.4 Å². The van der Waals surface area contributed by atoms with E-state index in [2.05, 4.69) is 21.2 Å². The molecule has 2 nitrogen and oxygen atoms in total. The van der Waals surface area contributed by atoms with Crippen LogP contribution in [0.2, 0.25) is 0 Å². The van der Waals surface area contributed by atoms with Crippen molar-refractivity contribution in [3.05, 3.63) is 33.8 Å².